The summed E-state index contributed by atoms with van der Waals surface area (Å²) >= 11 is 0. The quantitative estimate of drug-likeness (QED) is 0.481. The zero-order chi connectivity index (χ0) is 12.3. The van der Waals surface area contributed by atoms with Crippen molar-refractivity contribution in [2.45, 2.75) is 12.5 Å². The summed E-state index contributed by atoms with van der Waals surface area (Å²) in [6.45, 7) is 0. The van der Waals surface area contributed by atoms with E-state index in [1.165, 1.54) is 6.07 Å². The van der Waals surface area contributed by atoms with E-state index in [-0.39, 0.29) is 11.9 Å². The zero-order valence-electron chi connectivity index (χ0n) is 9.28. The third-order valence-corrected chi connectivity index (χ3v) is 2.80. The highest BCUT2D eigenvalue weighted by Gasteiger charge is 2.13. The van der Waals surface area contributed by atoms with Crippen LogP contribution in [0.2, 0.25) is 0 Å². The maximum Gasteiger partial charge on any atom is 0.131 e. The van der Waals surface area contributed by atoms with Gasteiger partial charge in [0.25, 0.3) is 0 Å². The average Bonchev–Trinajstić information content (AvgIpc) is 2.37. The Morgan fingerprint density at radius 2 is 1.94 bits per heavy atom. The Hall–Kier alpha value is -1.89. The molecule has 2 aromatic carbocycles. The fraction of sp³-hybridized carbons (Fsp3) is 0.143. The van der Waals surface area contributed by atoms with Crippen LogP contribution in [0.25, 0.3) is 10.8 Å². The van der Waals surface area contributed by atoms with Gasteiger partial charge < -0.3 is 0 Å². The predicted molar refractivity (Wildman–Crippen MR) is 67.4 cm³/mol. The minimum Gasteiger partial charge on any atom is -0.271 e. The van der Waals surface area contributed by atoms with Crippen LogP contribution >= 0.6 is 0 Å². The Morgan fingerprint density at radius 3 is 2.59 bits per heavy atom. The second-order valence-corrected chi connectivity index (χ2v) is 3.81. The smallest absolute Gasteiger partial charge is 0.131 e. The Balaban J connectivity index is 2.62. The van der Waals surface area contributed by atoms with Gasteiger partial charge in [-0.2, -0.15) is 0 Å². The number of halogens is 1. The van der Waals surface area contributed by atoms with Gasteiger partial charge in [-0.25, -0.2) is 4.39 Å². The van der Waals surface area contributed by atoms with Crippen molar-refractivity contribution in [2.75, 3.05) is 0 Å². The van der Waals surface area contributed by atoms with Crippen LogP contribution in [0.4, 0.5) is 4.39 Å². The lowest BCUT2D eigenvalue weighted by Crippen LogP contribution is -2.27. The molecule has 2 nitrogen and oxygen atoms in total. The molecule has 86 valence electrons. The predicted octanol–water partition coefficient (Wildman–Crippen LogP) is 2.51. The van der Waals surface area contributed by atoms with E-state index in [4.69, 9.17) is 12.3 Å². The van der Waals surface area contributed by atoms with Gasteiger partial charge in [-0.05, 0) is 17.0 Å². The number of nitrogens with two attached hydrogens (primary N) is 1. The first-order chi connectivity index (χ1) is 8.27. The maximum absolute atomic E-state index is 13.6. The summed E-state index contributed by atoms with van der Waals surface area (Å²) in [5, 5.41) is 1.42. The van der Waals surface area contributed by atoms with Crippen molar-refractivity contribution in [1.29, 1.82) is 0 Å². The lowest BCUT2D eigenvalue weighted by Gasteiger charge is -2.16. The average molecular weight is 228 g/mol. The standard InChI is InChI=1S/C14H13FN2/c1-2-5-14(17-16)12-8-9-13(15)11-7-4-3-6-10(11)12/h1,3-4,6-9,14,17H,5,16H2. The minimum atomic E-state index is -0.235. The first-order valence-electron chi connectivity index (χ1n) is 5.34. The van der Waals surface area contributed by atoms with E-state index < -0.39 is 0 Å². The second kappa shape index (κ2) is 4.96. The molecule has 0 aliphatic rings. The molecular formula is C14H13FN2. The molecule has 2 rings (SSSR count). The normalized spacial score (nSPS) is 12.3. The van der Waals surface area contributed by atoms with Gasteiger partial charge in [0, 0.05) is 11.8 Å². The molecule has 0 aliphatic carbocycles. The molecule has 0 radical (unpaired) electrons. The summed E-state index contributed by atoms with van der Waals surface area (Å²) in [4.78, 5) is 0. The molecule has 3 N–H and O–H groups in total. The van der Waals surface area contributed by atoms with E-state index in [9.17, 15) is 4.39 Å². The fourth-order valence-corrected chi connectivity index (χ4v) is 1.97. The molecule has 0 spiro atoms. The third-order valence-electron chi connectivity index (χ3n) is 2.80. The number of fused-ring (bicyclic) bond motifs is 1. The zero-order valence-corrected chi connectivity index (χ0v) is 9.28. The highest BCUT2D eigenvalue weighted by atomic mass is 19.1. The summed E-state index contributed by atoms with van der Waals surface area (Å²) in [6, 6.07) is 10.3. The number of benzene rings is 2. The molecule has 3 heteroatoms. The summed E-state index contributed by atoms with van der Waals surface area (Å²) in [7, 11) is 0. The highest BCUT2D eigenvalue weighted by molar-refractivity contribution is 5.86. The van der Waals surface area contributed by atoms with Crippen molar-refractivity contribution < 1.29 is 4.39 Å². The third kappa shape index (κ3) is 2.14. The van der Waals surface area contributed by atoms with Crippen molar-refractivity contribution in [1.82, 2.24) is 5.43 Å². The monoisotopic (exact) mass is 228 g/mol. The summed E-state index contributed by atoms with van der Waals surface area (Å²) < 4.78 is 13.6. The number of terminal acetylenes is 1. The number of rotatable bonds is 3. The number of nitrogens with one attached hydrogen (secondary N) is 1. The minimum absolute atomic E-state index is 0.162. The van der Waals surface area contributed by atoms with Crippen molar-refractivity contribution in [3.8, 4) is 12.3 Å². The molecule has 0 heterocycles. The molecule has 17 heavy (non-hydrogen) atoms. The SMILES string of the molecule is C#CCC(NN)c1ccc(F)c2ccccc12. The van der Waals surface area contributed by atoms with Crippen LogP contribution in [0.15, 0.2) is 36.4 Å². The maximum atomic E-state index is 13.6. The van der Waals surface area contributed by atoms with E-state index in [1.54, 1.807) is 18.2 Å². The fourth-order valence-electron chi connectivity index (χ4n) is 1.97. The summed E-state index contributed by atoms with van der Waals surface area (Å²) in [6.07, 6.45) is 5.76. The van der Waals surface area contributed by atoms with Crippen molar-refractivity contribution in [3.05, 3.63) is 47.8 Å². The molecular weight excluding hydrogens is 215 g/mol. The molecule has 0 bridgehead atoms. The molecule has 0 aliphatic heterocycles. The van der Waals surface area contributed by atoms with Gasteiger partial charge in [0.05, 0.1) is 6.04 Å². The first kappa shape index (κ1) is 11.6. The first-order valence-corrected chi connectivity index (χ1v) is 5.34. The van der Waals surface area contributed by atoms with Gasteiger partial charge in [0.2, 0.25) is 0 Å². The van der Waals surface area contributed by atoms with Crippen LogP contribution in [-0.4, -0.2) is 0 Å². The summed E-state index contributed by atoms with van der Waals surface area (Å²) in [5.41, 5.74) is 3.58. The molecule has 0 amide bonds. The van der Waals surface area contributed by atoms with Gasteiger partial charge in [-0.1, -0.05) is 30.3 Å². The lowest BCUT2D eigenvalue weighted by atomic mass is 9.97. The number of hydrogen-bond acceptors (Lipinski definition) is 2. The second-order valence-electron chi connectivity index (χ2n) is 3.81. The topological polar surface area (TPSA) is 38.0 Å². The van der Waals surface area contributed by atoms with Crippen molar-refractivity contribution >= 4 is 10.8 Å². The van der Waals surface area contributed by atoms with Crippen molar-refractivity contribution in [3.63, 3.8) is 0 Å². The molecule has 0 aromatic heterocycles. The molecule has 0 saturated carbocycles. The van der Waals surface area contributed by atoms with Crippen LogP contribution < -0.4 is 11.3 Å². The van der Waals surface area contributed by atoms with Crippen LogP contribution in [-0.2, 0) is 0 Å². The Labute approximate surface area is 99.6 Å². The van der Waals surface area contributed by atoms with Crippen molar-refractivity contribution in [2.24, 2.45) is 5.84 Å². The van der Waals surface area contributed by atoms with E-state index in [0.717, 1.165) is 10.9 Å². The Morgan fingerprint density at radius 1 is 1.24 bits per heavy atom. The van der Waals surface area contributed by atoms with E-state index in [2.05, 4.69) is 11.3 Å². The number of hydrazine groups is 1. The lowest BCUT2D eigenvalue weighted by molar-refractivity contribution is 0.570. The Bertz CT molecular complexity index is 572. The van der Waals surface area contributed by atoms with Gasteiger partial charge >= 0.3 is 0 Å². The van der Waals surface area contributed by atoms with Crippen LogP contribution in [0, 0.1) is 18.2 Å². The van der Waals surface area contributed by atoms with Crippen LogP contribution in [0.3, 0.4) is 0 Å². The highest BCUT2D eigenvalue weighted by Crippen LogP contribution is 2.27. The largest absolute Gasteiger partial charge is 0.271 e. The molecule has 1 atom stereocenters. The van der Waals surface area contributed by atoms with E-state index >= 15 is 0 Å². The van der Waals surface area contributed by atoms with E-state index in [1.807, 2.05) is 12.1 Å². The van der Waals surface area contributed by atoms with Crippen LogP contribution in [0.1, 0.15) is 18.0 Å². The van der Waals surface area contributed by atoms with Gasteiger partial charge in [0.15, 0.2) is 0 Å². The molecule has 1 unspecified atom stereocenters. The van der Waals surface area contributed by atoms with Crippen LogP contribution in [0.5, 0.6) is 0 Å². The van der Waals surface area contributed by atoms with Gasteiger partial charge in [-0.15, -0.1) is 12.3 Å². The van der Waals surface area contributed by atoms with Gasteiger partial charge in [0.1, 0.15) is 5.82 Å². The van der Waals surface area contributed by atoms with E-state index in [0.29, 0.717) is 11.8 Å². The molecule has 2 aromatic rings. The molecule has 0 fully saturated rings. The summed E-state index contributed by atoms with van der Waals surface area (Å²) in [5.74, 6) is 7.81. The Kier molecular flexibility index (Phi) is 3.38. The number of hydrogen-bond donors (Lipinski definition) is 2. The van der Waals surface area contributed by atoms with Gasteiger partial charge in [-0.3, -0.25) is 11.3 Å². The molecule has 0 saturated heterocycles.